The molecule has 1 N–H and O–H groups in total. The fourth-order valence-corrected chi connectivity index (χ4v) is 3.17. The van der Waals surface area contributed by atoms with Gasteiger partial charge in [-0.25, -0.2) is 19.2 Å². The maximum absolute atomic E-state index is 12.6. The van der Waals surface area contributed by atoms with Gasteiger partial charge in [-0.2, -0.15) is 5.10 Å². The molecule has 0 bridgehead atoms. The van der Waals surface area contributed by atoms with Crippen molar-refractivity contribution in [1.82, 2.24) is 29.4 Å². The molecule has 4 aromatic rings. The summed E-state index contributed by atoms with van der Waals surface area (Å²) in [4.78, 5) is 21.2. The zero-order valence-electron chi connectivity index (χ0n) is 15.0. The Hall–Kier alpha value is -2.97. The van der Waals surface area contributed by atoms with Gasteiger partial charge in [0.15, 0.2) is 5.65 Å². The van der Waals surface area contributed by atoms with E-state index in [2.05, 4.69) is 25.5 Å². The fraction of sp³-hybridized carbons (Fsp3) is 0.167. The summed E-state index contributed by atoms with van der Waals surface area (Å²) in [6.45, 7) is 4.22. The zero-order chi connectivity index (χ0) is 19.8. The van der Waals surface area contributed by atoms with Gasteiger partial charge in [0.05, 0.1) is 22.8 Å². The highest BCUT2D eigenvalue weighted by Gasteiger charge is 2.17. The summed E-state index contributed by atoms with van der Waals surface area (Å²) in [6, 6.07) is 7.23. The molecule has 1 amide bonds. The summed E-state index contributed by atoms with van der Waals surface area (Å²) in [5.41, 5.74) is 3.46. The van der Waals surface area contributed by atoms with E-state index in [1.54, 1.807) is 21.3 Å². The lowest BCUT2D eigenvalue weighted by Crippen LogP contribution is -2.14. The quantitative estimate of drug-likeness (QED) is 0.550. The number of halogens is 2. The summed E-state index contributed by atoms with van der Waals surface area (Å²) in [7, 11) is 0. The number of hydrogen-bond donors (Lipinski definition) is 1. The summed E-state index contributed by atoms with van der Waals surface area (Å²) in [5, 5.41) is 12.1. The number of rotatable bonds is 4. The smallest absolute Gasteiger partial charge is 0.263 e. The topological polar surface area (TPSA) is 90.0 Å². The van der Waals surface area contributed by atoms with Crippen LogP contribution in [-0.2, 0) is 6.54 Å². The summed E-state index contributed by atoms with van der Waals surface area (Å²) in [6.07, 6.45) is 3.01. The Morgan fingerprint density at radius 3 is 2.79 bits per heavy atom. The lowest BCUT2D eigenvalue weighted by molar-refractivity contribution is 0.102. The first-order valence-corrected chi connectivity index (χ1v) is 9.13. The van der Waals surface area contributed by atoms with Gasteiger partial charge in [0.1, 0.15) is 11.9 Å². The Bertz CT molecular complexity index is 1200. The van der Waals surface area contributed by atoms with Crippen molar-refractivity contribution >= 4 is 40.7 Å². The molecule has 0 aliphatic rings. The number of nitrogens with one attached hydrogen (secondary N) is 1. The van der Waals surface area contributed by atoms with Gasteiger partial charge in [0.2, 0.25) is 5.95 Å². The van der Waals surface area contributed by atoms with Crippen LogP contribution in [0.2, 0.25) is 10.0 Å². The summed E-state index contributed by atoms with van der Waals surface area (Å²) >= 11 is 12.0. The molecule has 3 heterocycles. The number of aryl methyl sites for hydroxylation is 2. The summed E-state index contributed by atoms with van der Waals surface area (Å²) < 4.78 is 3.22. The molecule has 0 spiro atoms. The van der Waals surface area contributed by atoms with E-state index in [4.69, 9.17) is 23.2 Å². The average molecular weight is 416 g/mol. The molecular weight excluding hydrogens is 401 g/mol. The Labute approximate surface area is 170 Å². The molecule has 0 unspecified atom stereocenters. The van der Waals surface area contributed by atoms with E-state index < -0.39 is 0 Å². The van der Waals surface area contributed by atoms with E-state index in [-0.39, 0.29) is 11.9 Å². The molecule has 0 saturated carbocycles. The molecule has 8 nitrogen and oxygen atoms in total. The van der Waals surface area contributed by atoms with Crippen LogP contribution < -0.4 is 5.32 Å². The highest BCUT2D eigenvalue weighted by Crippen LogP contribution is 2.23. The Morgan fingerprint density at radius 2 is 2.00 bits per heavy atom. The lowest BCUT2D eigenvalue weighted by Gasteiger charge is -2.03. The van der Waals surface area contributed by atoms with E-state index in [1.165, 1.54) is 12.5 Å². The first-order chi connectivity index (χ1) is 13.4. The monoisotopic (exact) mass is 415 g/mol. The fourth-order valence-electron chi connectivity index (χ4n) is 2.85. The second-order valence-electron chi connectivity index (χ2n) is 6.30. The minimum atomic E-state index is -0.375. The third kappa shape index (κ3) is 3.56. The van der Waals surface area contributed by atoms with Crippen LogP contribution in [0.5, 0.6) is 0 Å². The molecule has 4 rings (SSSR count). The zero-order valence-corrected chi connectivity index (χ0v) is 16.5. The van der Waals surface area contributed by atoms with Crippen LogP contribution in [0.15, 0.2) is 36.8 Å². The predicted octanol–water partition coefficient (Wildman–Crippen LogP) is 3.55. The van der Waals surface area contributed by atoms with Crippen molar-refractivity contribution in [3.63, 3.8) is 0 Å². The second kappa shape index (κ2) is 7.21. The van der Waals surface area contributed by atoms with Crippen molar-refractivity contribution in [1.29, 1.82) is 0 Å². The first kappa shape index (κ1) is 18.4. The molecule has 3 aromatic heterocycles. The number of amides is 1. The molecule has 142 valence electrons. The van der Waals surface area contributed by atoms with Crippen molar-refractivity contribution < 1.29 is 4.79 Å². The minimum absolute atomic E-state index is 0.189. The number of anilines is 1. The molecule has 10 heteroatoms. The van der Waals surface area contributed by atoms with Gasteiger partial charge in [-0.3, -0.25) is 10.1 Å². The number of benzene rings is 1. The minimum Gasteiger partial charge on any atom is -0.289 e. The molecule has 0 aliphatic heterocycles. The molecular formula is C18H15Cl2N7O. The summed E-state index contributed by atoms with van der Waals surface area (Å²) in [5.74, 6) is -0.187. The van der Waals surface area contributed by atoms with Gasteiger partial charge in [0, 0.05) is 11.4 Å². The molecule has 28 heavy (non-hydrogen) atoms. The van der Waals surface area contributed by atoms with Gasteiger partial charge in [-0.15, -0.1) is 5.10 Å². The maximum Gasteiger partial charge on any atom is 0.263 e. The molecule has 1 aromatic carbocycles. The first-order valence-electron chi connectivity index (χ1n) is 8.37. The molecule has 0 fully saturated rings. The number of aromatic nitrogens is 6. The van der Waals surface area contributed by atoms with E-state index in [0.717, 1.165) is 17.0 Å². The maximum atomic E-state index is 12.6. The van der Waals surface area contributed by atoms with Crippen molar-refractivity contribution in [2.24, 2.45) is 0 Å². The predicted molar refractivity (Wildman–Crippen MR) is 106 cm³/mol. The van der Waals surface area contributed by atoms with Gasteiger partial charge in [-0.05, 0) is 37.6 Å². The molecule has 0 aliphatic carbocycles. The van der Waals surface area contributed by atoms with Crippen LogP contribution in [0, 0.1) is 13.8 Å². The van der Waals surface area contributed by atoms with Gasteiger partial charge in [-0.1, -0.05) is 29.3 Å². The Morgan fingerprint density at radius 1 is 1.18 bits per heavy atom. The van der Waals surface area contributed by atoms with Gasteiger partial charge >= 0.3 is 0 Å². The van der Waals surface area contributed by atoms with E-state index in [0.29, 0.717) is 27.8 Å². The normalized spacial score (nSPS) is 11.1. The van der Waals surface area contributed by atoms with Crippen molar-refractivity contribution in [2.45, 2.75) is 20.4 Å². The third-order valence-electron chi connectivity index (χ3n) is 4.11. The number of carbonyl (C=O) groups excluding carboxylic acids is 1. The number of nitrogens with zero attached hydrogens (tertiary/aromatic N) is 6. The number of hydrogen-bond acceptors (Lipinski definition) is 5. The van der Waals surface area contributed by atoms with Crippen LogP contribution in [0.4, 0.5) is 5.95 Å². The van der Waals surface area contributed by atoms with Gasteiger partial charge in [0.25, 0.3) is 5.91 Å². The van der Waals surface area contributed by atoms with Gasteiger partial charge < -0.3 is 0 Å². The van der Waals surface area contributed by atoms with Crippen LogP contribution in [0.25, 0.3) is 5.65 Å². The molecule has 0 radical (unpaired) electrons. The second-order valence-corrected chi connectivity index (χ2v) is 7.12. The largest absolute Gasteiger partial charge is 0.289 e. The van der Waals surface area contributed by atoms with Crippen LogP contribution in [-0.4, -0.2) is 35.3 Å². The molecule has 0 saturated heterocycles. The third-order valence-corrected chi connectivity index (χ3v) is 4.85. The lowest BCUT2D eigenvalue weighted by atomic mass is 10.2. The number of carbonyl (C=O) groups is 1. The van der Waals surface area contributed by atoms with Crippen molar-refractivity contribution in [2.75, 3.05) is 5.32 Å². The van der Waals surface area contributed by atoms with Crippen LogP contribution >= 0.6 is 23.2 Å². The van der Waals surface area contributed by atoms with Crippen molar-refractivity contribution in [3.8, 4) is 0 Å². The highest BCUT2D eigenvalue weighted by atomic mass is 35.5. The van der Waals surface area contributed by atoms with E-state index in [1.807, 2.05) is 26.0 Å². The Kier molecular flexibility index (Phi) is 4.74. The number of fused-ring (bicyclic) bond motifs is 1. The highest BCUT2D eigenvalue weighted by molar-refractivity contribution is 6.42. The van der Waals surface area contributed by atoms with Crippen LogP contribution in [0.3, 0.4) is 0 Å². The van der Waals surface area contributed by atoms with Crippen LogP contribution in [0.1, 0.15) is 27.3 Å². The Balaban J connectivity index is 1.52. The molecule has 0 atom stereocenters. The standard InChI is InChI=1S/C18H15Cl2N7O/c1-10-5-11(2)27-16(23-10)13(7-22-27)17(28)24-18-21-9-26(25-18)8-12-3-4-14(19)15(20)6-12/h3-7,9H,8H2,1-2H3,(H,24,25,28). The van der Waals surface area contributed by atoms with E-state index in [9.17, 15) is 4.79 Å². The average Bonchev–Trinajstić information content (AvgIpc) is 3.25. The van der Waals surface area contributed by atoms with E-state index >= 15 is 0 Å². The SMILES string of the molecule is Cc1cc(C)n2ncc(C(=O)Nc3ncn(Cc4ccc(Cl)c(Cl)c4)n3)c2n1. The van der Waals surface area contributed by atoms with Crippen molar-refractivity contribution in [3.05, 3.63) is 69.3 Å².